The Kier molecular flexibility index (Phi) is 5.14. The molecule has 0 aliphatic rings. The summed E-state index contributed by atoms with van der Waals surface area (Å²) in [6.45, 7) is 4.97. The van der Waals surface area contributed by atoms with Crippen molar-refractivity contribution in [3.8, 4) is 0 Å². The number of nitrogens with one attached hydrogen (secondary N) is 1. The zero-order chi connectivity index (χ0) is 15.4. The number of nitrogen functional groups attached to an aromatic ring is 1. The van der Waals surface area contributed by atoms with Gasteiger partial charge >= 0.3 is 0 Å². The minimum Gasteiger partial charge on any atom is -0.355 e. The summed E-state index contributed by atoms with van der Waals surface area (Å²) in [7, 11) is 2.02. The predicted molar refractivity (Wildman–Crippen MR) is 90.2 cm³/mol. The normalized spacial score (nSPS) is 10.8. The van der Waals surface area contributed by atoms with Crippen LogP contribution in [0.3, 0.4) is 0 Å². The minimum absolute atomic E-state index is 0.272. The number of nitrogens with two attached hydrogens (primary N) is 1. The summed E-state index contributed by atoms with van der Waals surface area (Å²) in [6, 6.07) is 8.18. The maximum atomic E-state index is 5.57. The van der Waals surface area contributed by atoms with Crippen LogP contribution in [0.1, 0.15) is 30.9 Å². The molecule has 0 atom stereocenters. The Labute approximate surface area is 133 Å². The number of anilines is 2. The molecule has 0 saturated heterocycles. The quantitative estimate of drug-likeness (QED) is 0.640. The topological polar surface area (TPSA) is 67.1 Å². The summed E-state index contributed by atoms with van der Waals surface area (Å²) < 4.78 is 1.09. The molecule has 2 rings (SSSR count). The number of halogens is 1. The summed E-state index contributed by atoms with van der Waals surface area (Å²) in [6.07, 6.45) is 1.53. The van der Waals surface area contributed by atoms with Crippen molar-refractivity contribution in [1.82, 2.24) is 9.97 Å². The molecule has 0 aliphatic carbocycles. The number of hydrogen-bond acceptors (Lipinski definition) is 5. The Morgan fingerprint density at radius 1 is 1.29 bits per heavy atom. The van der Waals surface area contributed by atoms with Gasteiger partial charge in [-0.1, -0.05) is 48.0 Å². The second kappa shape index (κ2) is 6.87. The van der Waals surface area contributed by atoms with Crippen molar-refractivity contribution in [2.75, 3.05) is 17.4 Å². The molecule has 0 amide bonds. The van der Waals surface area contributed by atoms with E-state index in [2.05, 4.69) is 56.1 Å². The Morgan fingerprint density at radius 2 is 2.00 bits per heavy atom. The van der Waals surface area contributed by atoms with Gasteiger partial charge in [0.25, 0.3) is 0 Å². The first-order chi connectivity index (χ1) is 10.0. The van der Waals surface area contributed by atoms with Crippen LogP contribution in [-0.4, -0.2) is 17.0 Å². The summed E-state index contributed by atoms with van der Waals surface area (Å²) in [5.41, 5.74) is 4.89. The zero-order valence-electron chi connectivity index (χ0n) is 12.5. The number of hydrogen-bond donors (Lipinski definition) is 2. The molecule has 0 spiro atoms. The van der Waals surface area contributed by atoms with Gasteiger partial charge in [0.2, 0.25) is 0 Å². The number of aromatic nitrogens is 2. The van der Waals surface area contributed by atoms with Crippen molar-refractivity contribution in [3.63, 3.8) is 0 Å². The van der Waals surface area contributed by atoms with Crippen LogP contribution in [0.4, 0.5) is 11.6 Å². The van der Waals surface area contributed by atoms with Crippen LogP contribution < -0.4 is 16.2 Å². The summed E-state index contributed by atoms with van der Waals surface area (Å²) in [5, 5.41) is 0. The highest BCUT2D eigenvalue weighted by Gasteiger charge is 2.18. The third-order valence-corrected chi connectivity index (χ3v) is 4.08. The fraction of sp³-hybridized carbons (Fsp3) is 0.333. The average molecular weight is 350 g/mol. The van der Waals surface area contributed by atoms with E-state index in [0.29, 0.717) is 5.82 Å². The summed E-state index contributed by atoms with van der Waals surface area (Å²) in [4.78, 5) is 10.8. The minimum atomic E-state index is 0.272. The van der Waals surface area contributed by atoms with Gasteiger partial charge in [-0.05, 0) is 17.5 Å². The van der Waals surface area contributed by atoms with E-state index in [1.54, 1.807) is 0 Å². The number of rotatable bonds is 5. The standard InChI is InChI=1S/C15H20BrN5/c1-10(2)13-14(20-17)18-9-19-15(13)21(3)8-11-6-4-5-7-12(11)16/h4-7,9-10H,8,17H2,1-3H3,(H,18,19,20). The van der Waals surface area contributed by atoms with Crippen molar-refractivity contribution in [2.45, 2.75) is 26.3 Å². The molecule has 0 saturated carbocycles. The van der Waals surface area contributed by atoms with Gasteiger partial charge in [-0.15, -0.1) is 0 Å². The Balaban J connectivity index is 2.35. The van der Waals surface area contributed by atoms with E-state index in [1.165, 1.54) is 11.9 Å². The average Bonchev–Trinajstić information content (AvgIpc) is 2.48. The molecule has 2 aromatic rings. The molecule has 0 radical (unpaired) electrons. The van der Waals surface area contributed by atoms with Gasteiger partial charge in [-0.2, -0.15) is 0 Å². The zero-order valence-corrected chi connectivity index (χ0v) is 14.1. The van der Waals surface area contributed by atoms with E-state index in [4.69, 9.17) is 5.84 Å². The molecule has 1 aromatic carbocycles. The highest BCUT2D eigenvalue weighted by atomic mass is 79.9. The smallest absolute Gasteiger partial charge is 0.148 e. The largest absolute Gasteiger partial charge is 0.355 e. The fourth-order valence-electron chi connectivity index (χ4n) is 2.29. The van der Waals surface area contributed by atoms with Crippen LogP contribution in [-0.2, 0) is 6.54 Å². The van der Waals surface area contributed by atoms with Crippen LogP contribution in [0.2, 0.25) is 0 Å². The van der Waals surface area contributed by atoms with E-state index >= 15 is 0 Å². The first kappa shape index (κ1) is 15.7. The molecule has 0 fully saturated rings. The lowest BCUT2D eigenvalue weighted by Gasteiger charge is -2.24. The lowest BCUT2D eigenvalue weighted by molar-refractivity contribution is 0.808. The van der Waals surface area contributed by atoms with E-state index in [-0.39, 0.29) is 5.92 Å². The molecule has 1 heterocycles. The SMILES string of the molecule is CC(C)c1c(NN)ncnc1N(C)Cc1ccccc1Br. The highest BCUT2D eigenvalue weighted by molar-refractivity contribution is 9.10. The van der Waals surface area contributed by atoms with Gasteiger partial charge in [-0.25, -0.2) is 15.8 Å². The third kappa shape index (κ3) is 3.51. The number of hydrazine groups is 1. The summed E-state index contributed by atoms with van der Waals surface area (Å²) >= 11 is 3.58. The highest BCUT2D eigenvalue weighted by Crippen LogP contribution is 2.31. The van der Waals surface area contributed by atoms with Gasteiger partial charge in [-0.3, -0.25) is 0 Å². The molecule has 5 nitrogen and oxygen atoms in total. The van der Waals surface area contributed by atoms with E-state index in [1.807, 2.05) is 25.2 Å². The van der Waals surface area contributed by atoms with Gasteiger partial charge < -0.3 is 10.3 Å². The monoisotopic (exact) mass is 349 g/mol. The van der Waals surface area contributed by atoms with E-state index in [9.17, 15) is 0 Å². The van der Waals surface area contributed by atoms with Gasteiger partial charge in [0.1, 0.15) is 18.0 Å². The first-order valence-corrected chi connectivity index (χ1v) is 7.60. The van der Waals surface area contributed by atoms with Crippen LogP contribution in [0, 0.1) is 0 Å². The Hall–Kier alpha value is -1.66. The van der Waals surface area contributed by atoms with Gasteiger partial charge in [0, 0.05) is 23.6 Å². The van der Waals surface area contributed by atoms with Crippen LogP contribution in [0.15, 0.2) is 35.1 Å². The van der Waals surface area contributed by atoms with Crippen LogP contribution in [0.25, 0.3) is 0 Å². The predicted octanol–water partition coefficient (Wildman–Crippen LogP) is 3.28. The maximum absolute atomic E-state index is 5.57. The van der Waals surface area contributed by atoms with E-state index < -0.39 is 0 Å². The van der Waals surface area contributed by atoms with Crippen molar-refractivity contribution >= 4 is 27.6 Å². The molecular formula is C15H20BrN5. The molecule has 0 bridgehead atoms. The summed E-state index contributed by atoms with van der Waals surface area (Å²) in [5.74, 6) is 7.41. The number of nitrogens with zero attached hydrogens (tertiary/aromatic N) is 3. The van der Waals surface area contributed by atoms with Gasteiger partial charge in [0.15, 0.2) is 0 Å². The second-order valence-electron chi connectivity index (χ2n) is 5.21. The van der Waals surface area contributed by atoms with Crippen molar-refractivity contribution in [2.24, 2.45) is 5.84 Å². The first-order valence-electron chi connectivity index (χ1n) is 6.80. The molecular weight excluding hydrogens is 330 g/mol. The fourth-order valence-corrected chi connectivity index (χ4v) is 2.70. The van der Waals surface area contributed by atoms with Crippen LogP contribution in [0.5, 0.6) is 0 Å². The molecule has 112 valence electrons. The number of benzene rings is 1. The molecule has 6 heteroatoms. The van der Waals surface area contributed by atoms with E-state index in [0.717, 1.165) is 22.4 Å². The molecule has 0 unspecified atom stereocenters. The maximum Gasteiger partial charge on any atom is 0.148 e. The lowest BCUT2D eigenvalue weighted by Crippen LogP contribution is -2.22. The third-order valence-electron chi connectivity index (χ3n) is 3.30. The van der Waals surface area contributed by atoms with Crippen molar-refractivity contribution in [3.05, 3.63) is 46.2 Å². The molecule has 21 heavy (non-hydrogen) atoms. The van der Waals surface area contributed by atoms with Gasteiger partial charge in [0.05, 0.1) is 0 Å². The second-order valence-corrected chi connectivity index (χ2v) is 6.06. The molecule has 1 aromatic heterocycles. The van der Waals surface area contributed by atoms with Crippen LogP contribution >= 0.6 is 15.9 Å². The lowest BCUT2D eigenvalue weighted by atomic mass is 10.0. The molecule has 0 aliphatic heterocycles. The van der Waals surface area contributed by atoms with Crippen molar-refractivity contribution in [1.29, 1.82) is 0 Å². The Morgan fingerprint density at radius 3 is 2.62 bits per heavy atom. The van der Waals surface area contributed by atoms with Crippen molar-refractivity contribution < 1.29 is 0 Å². The molecule has 3 N–H and O–H groups in total. The Bertz CT molecular complexity index is 615.